The van der Waals surface area contributed by atoms with Crippen LogP contribution in [0, 0.1) is 5.41 Å². The van der Waals surface area contributed by atoms with Crippen LogP contribution < -0.4 is 4.72 Å². The summed E-state index contributed by atoms with van der Waals surface area (Å²) in [6, 6.07) is 4.88. The van der Waals surface area contributed by atoms with Crippen LogP contribution in [0.25, 0.3) is 0 Å². The first kappa shape index (κ1) is 14.8. The number of nitrogens with one attached hydrogen (secondary N) is 1. The van der Waals surface area contributed by atoms with Crippen molar-refractivity contribution in [3.8, 4) is 0 Å². The highest BCUT2D eigenvalue weighted by atomic mass is 35.7. The molecule has 1 aliphatic rings. The molecule has 0 bridgehead atoms. The van der Waals surface area contributed by atoms with Crippen LogP contribution >= 0.6 is 10.7 Å². The number of hydrogen-bond donors (Lipinski definition) is 1. The number of hydrogen-bond acceptors (Lipinski definition) is 4. The smallest absolute Gasteiger partial charge is 0.208 e. The summed E-state index contributed by atoms with van der Waals surface area (Å²) in [5.41, 5.74) is -0.0523. The van der Waals surface area contributed by atoms with Gasteiger partial charge in [-0.25, -0.2) is 21.6 Å². The summed E-state index contributed by atoms with van der Waals surface area (Å²) in [5.74, 6) is 0. The molecule has 0 radical (unpaired) electrons. The van der Waals surface area contributed by atoms with Crippen LogP contribution in [0.4, 0.5) is 0 Å². The molecule has 0 saturated heterocycles. The van der Waals surface area contributed by atoms with E-state index in [0.29, 0.717) is 0 Å². The zero-order valence-corrected chi connectivity index (χ0v) is 12.8. The van der Waals surface area contributed by atoms with E-state index in [9.17, 15) is 16.8 Å². The maximum Gasteiger partial charge on any atom is 0.261 e. The van der Waals surface area contributed by atoms with Crippen molar-refractivity contribution in [2.24, 2.45) is 5.41 Å². The summed E-state index contributed by atoms with van der Waals surface area (Å²) < 4.78 is 49.2. The minimum absolute atomic E-state index is 0.0523. The van der Waals surface area contributed by atoms with E-state index in [1.807, 2.05) is 13.8 Å². The van der Waals surface area contributed by atoms with Crippen LogP contribution in [-0.4, -0.2) is 22.9 Å². The quantitative estimate of drug-likeness (QED) is 0.855. The van der Waals surface area contributed by atoms with Gasteiger partial charge in [-0.15, -0.1) is 0 Å². The second-order valence-electron chi connectivity index (χ2n) is 5.28. The Morgan fingerprint density at radius 2 is 1.74 bits per heavy atom. The normalized spacial score (nSPS) is 22.2. The van der Waals surface area contributed by atoms with Crippen LogP contribution in [-0.2, 0) is 19.1 Å². The zero-order valence-electron chi connectivity index (χ0n) is 10.4. The first-order valence-electron chi connectivity index (χ1n) is 5.59. The molecule has 1 saturated carbocycles. The van der Waals surface area contributed by atoms with Gasteiger partial charge < -0.3 is 0 Å². The largest absolute Gasteiger partial charge is 0.261 e. The standard InChI is InChI=1S/C11H14ClNO4S2/c1-11(2)7-10(11)13-19(16,17)9-5-3-4-8(6-9)18(12,14)15/h3-6,10,13H,7H2,1-2H3. The Morgan fingerprint density at radius 3 is 2.21 bits per heavy atom. The number of halogens is 1. The van der Waals surface area contributed by atoms with Crippen molar-refractivity contribution in [1.29, 1.82) is 0 Å². The number of benzene rings is 1. The molecular formula is C11H14ClNO4S2. The van der Waals surface area contributed by atoms with Gasteiger partial charge in [0.2, 0.25) is 10.0 Å². The van der Waals surface area contributed by atoms with Crippen LogP contribution in [0.2, 0.25) is 0 Å². The summed E-state index contributed by atoms with van der Waals surface area (Å²) in [6.07, 6.45) is 0.764. The van der Waals surface area contributed by atoms with Crippen molar-refractivity contribution in [3.05, 3.63) is 24.3 Å². The fraction of sp³-hybridized carbons (Fsp3) is 0.455. The van der Waals surface area contributed by atoms with E-state index < -0.39 is 19.1 Å². The van der Waals surface area contributed by atoms with E-state index in [2.05, 4.69) is 4.72 Å². The SMILES string of the molecule is CC1(C)CC1NS(=O)(=O)c1cccc(S(=O)(=O)Cl)c1. The minimum Gasteiger partial charge on any atom is -0.208 e. The van der Waals surface area contributed by atoms with Gasteiger partial charge in [-0.05, 0) is 30.0 Å². The Morgan fingerprint density at radius 1 is 1.21 bits per heavy atom. The molecule has 8 heteroatoms. The molecule has 5 nitrogen and oxygen atoms in total. The van der Waals surface area contributed by atoms with Gasteiger partial charge in [0, 0.05) is 16.7 Å². The predicted octanol–water partition coefficient (Wildman–Crippen LogP) is 1.69. The molecule has 19 heavy (non-hydrogen) atoms. The molecular weight excluding hydrogens is 310 g/mol. The molecule has 0 aromatic heterocycles. The average molecular weight is 324 g/mol. The molecule has 1 unspecified atom stereocenters. The second kappa shape index (κ2) is 4.44. The maximum absolute atomic E-state index is 12.1. The Kier molecular flexibility index (Phi) is 3.45. The predicted molar refractivity (Wildman–Crippen MR) is 72.0 cm³/mol. The minimum atomic E-state index is -3.94. The monoisotopic (exact) mass is 323 g/mol. The molecule has 1 aromatic carbocycles. The summed E-state index contributed by atoms with van der Waals surface area (Å²) in [5, 5.41) is 0. The third kappa shape index (κ3) is 3.28. The third-order valence-corrected chi connectivity index (χ3v) is 6.03. The van der Waals surface area contributed by atoms with E-state index >= 15 is 0 Å². The van der Waals surface area contributed by atoms with E-state index in [1.54, 1.807) is 0 Å². The molecule has 1 N–H and O–H groups in total. The maximum atomic E-state index is 12.1. The summed E-state index contributed by atoms with van der Waals surface area (Å²) >= 11 is 0. The molecule has 0 spiro atoms. The van der Waals surface area contributed by atoms with Gasteiger partial charge in [0.15, 0.2) is 0 Å². The molecule has 1 atom stereocenters. The van der Waals surface area contributed by atoms with Gasteiger partial charge >= 0.3 is 0 Å². The first-order chi connectivity index (χ1) is 8.52. The van der Waals surface area contributed by atoms with Crippen LogP contribution in [0.15, 0.2) is 34.1 Å². The van der Waals surface area contributed by atoms with Crippen molar-refractivity contribution in [1.82, 2.24) is 4.72 Å². The fourth-order valence-electron chi connectivity index (χ4n) is 1.72. The first-order valence-corrected chi connectivity index (χ1v) is 9.39. The van der Waals surface area contributed by atoms with Crippen molar-refractivity contribution in [3.63, 3.8) is 0 Å². The molecule has 2 rings (SSSR count). The summed E-state index contributed by atoms with van der Waals surface area (Å²) in [4.78, 5) is -0.330. The Balaban J connectivity index is 2.32. The topological polar surface area (TPSA) is 80.3 Å². The van der Waals surface area contributed by atoms with Crippen molar-refractivity contribution >= 4 is 29.8 Å². The number of sulfonamides is 1. The molecule has 0 heterocycles. The Bertz CT molecular complexity index is 710. The molecule has 0 amide bonds. The highest BCUT2D eigenvalue weighted by Gasteiger charge is 2.47. The van der Waals surface area contributed by atoms with E-state index in [-0.39, 0.29) is 21.2 Å². The van der Waals surface area contributed by atoms with Crippen molar-refractivity contribution in [2.75, 3.05) is 0 Å². The van der Waals surface area contributed by atoms with Gasteiger partial charge in [-0.1, -0.05) is 19.9 Å². The van der Waals surface area contributed by atoms with Crippen molar-refractivity contribution < 1.29 is 16.8 Å². The Labute approximate surface area is 117 Å². The van der Waals surface area contributed by atoms with Gasteiger partial charge in [0.05, 0.1) is 9.79 Å². The lowest BCUT2D eigenvalue weighted by atomic mass is 10.2. The molecule has 106 valence electrons. The summed E-state index contributed by atoms with van der Waals surface area (Å²) in [7, 11) is -2.46. The number of rotatable bonds is 4. The zero-order chi connectivity index (χ0) is 14.5. The van der Waals surface area contributed by atoms with Crippen LogP contribution in [0.1, 0.15) is 20.3 Å². The molecule has 1 aliphatic carbocycles. The van der Waals surface area contributed by atoms with E-state index in [4.69, 9.17) is 10.7 Å². The van der Waals surface area contributed by atoms with Crippen LogP contribution in [0.5, 0.6) is 0 Å². The van der Waals surface area contributed by atoms with E-state index in [1.165, 1.54) is 18.2 Å². The third-order valence-electron chi connectivity index (χ3n) is 3.21. The average Bonchev–Trinajstić information content (AvgIpc) is 2.84. The van der Waals surface area contributed by atoms with Gasteiger partial charge in [0.1, 0.15) is 0 Å². The molecule has 0 aliphatic heterocycles. The summed E-state index contributed by atoms with van der Waals surface area (Å²) in [6.45, 7) is 3.92. The lowest BCUT2D eigenvalue weighted by molar-refractivity contribution is 0.555. The lowest BCUT2D eigenvalue weighted by Crippen LogP contribution is -2.28. The molecule has 1 aromatic rings. The highest BCUT2D eigenvalue weighted by molar-refractivity contribution is 8.13. The van der Waals surface area contributed by atoms with Gasteiger partial charge in [0.25, 0.3) is 9.05 Å². The fourth-order valence-corrected chi connectivity index (χ4v) is 4.04. The van der Waals surface area contributed by atoms with Gasteiger partial charge in [-0.2, -0.15) is 0 Å². The second-order valence-corrected chi connectivity index (χ2v) is 9.56. The highest BCUT2D eigenvalue weighted by Crippen LogP contribution is 2.45. The van der Waals surface area contributed by atoms with Crippen molar-refractivity contribution in [2.45, 2.75) is 36.1 Å². The van der Waals surface area contributed by atoms with E-state index in [0.717, 1.165) is 12.5 Å². The molecule has 1 fully saturated rings. The van der Waals surface area contributed by atoms with Crippen LogP contribution in [0.3, 0.4) is 0 Å². The Hall–Kier alpha value is -0.630. The van der Waals surface area contributed by atoms with Gasteiger partial charge in [-0.3, -0.25) is 0 Å². The lowest BCUT2D eigenvalue weighted by Gasteiger charge is -2.08.